The van der Waals surface area contributed by atoms with Gasteiger partial charge in [-0.25, -0.2) is 0 Å². The van der Waals surface area contributed by atoms with Crippen molar-refractivity contribution >= 4 is 5.78 Å². The van der Waals surface area contributed by atoms with Gasteiger partial charge in [-0.3, -0.25) is 0 Å². The summed E-state index contributed by atoms with van der Waals surface area (Å²) in [5.41, 5.74) is 0.278. The minimum atomic E-state index is 0.278. The van der Waals surface area contributed by atoms with Crippen LogP contribution in [0.25, 0.3) is 0 Å². The van der Waals surface area contributed by atoms with E-state index in [-0.39, 0.29) is 11.2 Å². The van der Waals surface area contributed by atoms with E-state index in [1.54, 1.807) is 20.3 Å². The number of methoxy groups -OCH3 is 1. The zero-order valence-corrected chi connectivity index (χ0v) is 8.83. The molecule has 1 aliphatic carbocycles. The summed E-state index contributed by atoms with van der Waals surface area (Å²) in [5.74, 6) is 1.30. The summed E-state index contributed by atoms with van der Waals surface area (Å²) in [6.45, 7) is 6.06. The van der Waals surface area contributed by atoms with Gasteiger partial charge in [0.1, 0.15) is 5.78 Å². The Labute approximate surface area is 80.0 Å². The first-order valence-corrected chi connectivity index (χ1v) is 4.69. The molecule has 0 heterocycles. The van der Waals surface area contributed by atoms with Crippen molar-refractivity contribution < 1.29 is 9.53 Å². The quantitative estimate of drug-likeness (QED) is 0.624. The Bertz CT molecular complexity index is 228. The Balaban J connectivity index is 2.50. The fourth-order valence-electron chi connectivity index (χ4n) is 2.03. The maximum atomic E-state index is 10.9. The SMILES string of the molecule is COC=CC1C(CC(C)=O)C1(C)C. The molecule has 2 heteroatoms. The molecule has 0 N–H and O–H groups in total. The number of carbonyl (C=O) groups is 1. The summed E-state index contributed by atoms with van der Waals surface area (Å²) >= 11 is 0. The first-order valence-electron chi connectivity index (χ1n) is 4.69. The van der Waals surface area contributed by atoms with Crippen molar-refractivity contribution in [2.75, 3.05) is 7.11 Å². The Morgan fingerprint density at radius 1 is 1.54 bits per heavy atom. The summed E-state index contributed by atoms with van der Waals surface area (Å²) in [5, 5.41) is 0. The molecule has 2 nitrogen and oxygen atoms in total. The van der Waals surface area contributed by atoms with E-state index in [9.17, 15) is 4.79 Å². The smallest absolute Gasteiger partial charge is 0.130 e. The maximum Gasteiger partial charge on any atom is 0.130 e. The lowest BCUT2D eigenvalue weighted by atomic mass is 10.1. The number of ketones is 1. The Hall–Kier alpha value is -0.790. The van der Waals surface area contributed by atoms with Crippen molar-refractivity contribution in [2.24, 2.45) is 17.3 Å². The Morgan fingerprint density at radius 2 is 2.15 bits per heavy atom. The first-order chi connectivity index (χ1) is 6.00. The fourth-order valence-corrected chi connectivity index (χ4v) is 2.03. The third kappa shape index (κ3) is 2.11. The van der Waals surface area contributed by atoms with Crippen LogP contribution >= 0.6 is 0 Å². The molecule has 0 radical (unpaired) electrons. The molecule has 0 aliphatic heterocycles. The molecule has 0 aromatic carbocycles. The van der Waals surface area contributed by atoms with Gasteiger partial charge in [-0.15, -0.1) is 0 Å². The van der Waals surface area contributed by atoms with Crippen molar-refractivity contribution in [1.82, 2.24) is 0 Å². The molecule has 0 amide bonds. The van der Waals surface area contributed by atoms with Gasteiger partial charge in [-0.1, -0.05) is 13.8 Å². The number of Topliss-reactive ketones (excluding diaryl/α,β-unsaturated/α-hetero) is 1. The molecule has 0 bridgehead atoms. The fraction of sp³-hybridized carbons (Fsp3) is 0.727. The zero-order chi connectivity index (χ0) is 10.1. The predicted octanol–water partition coefficient (Wildman–Crippen LogP) is 2.40. The normalized spacial score (nSPS) is 30.5. The van der Waals surface area contributed by atoms with E-state index in [1.807, 2.05) is 0 Å². The highest BCUT2D eigenvalue weighted by atomic mass is 16.5. The van der Waals surface area contributed by atoms with E-state index in [1.165, 1.54) is 0 Å². The number of hydrogen-bond donors (Lipinski definition) is 0. The van der Waals surface area contributed by atoms with E-state index in [0.29, 0.717) is 18.3 Å². The molecule has 0 spiro atoms. The van der Waals surface area contributed by atoms with Gasteiger partial charge in [0.15, 0.2) is 0 Å². The number of allylic oxidation sites excluding steroid dienone is 1. The number of ether oxygens (including phenoxy) is 1. The summed E-state index contributed by atoms with van der Waals surface area (Å²) in [4.78, 5) is 10.9. The Morgan fingerprint density at radius 3 is 2.62 bits per heavy atom. The molecule has 1 fully saturated rings. The molecule has 1 aliphatic rings. The summed E-state index contributed by atoms with van der Waals surface area (Å²) in [7, 11) is 1.64. The number of hydrogen-bond acceptors (Lipinski definition) is 2. The minimum absolute atomic E-state index is 0.278. The lowest BCUT2D eigenvalue weighted by molar-refractivity contribution is -0.117. The van der Waals surface area contributed by atoms with Crippen LogP contribution in [0.4, 0.5) is 0 Å². The van der Waals surface area contributed by atoms with Crippen molar-refractivity contribution in [3.8, 4) is 0 Å². The monoisotopic (exact) mass is 182 g/mol. The van der Waals surface area contributed by atoms with Gasteiger partial charge in [-0.05, 0) is 30.3 Å². The van der Waals surface area contributed by atoms with E-state index >= 15 is 0 Å². The van der Waals surface area contributed by atoms with Gasteiger partial charge < -0.3 is 9.53 Å². The standard InChI is InChI=1S/C11H18O2/c1-8(12)7-10-9(5-6-13-4)11(10,2)3/h5-6,9-10H,7H2,1-4H3. The second-order valence-corrected chi connectivity index (χ2v) is 4.42. The largest absolute Gasteiger partial charge is 0.505 e. The lowest BCUT2D eigenvalue weighted by Gasteiger charge is -1.98. The third-order valence-corrected chi connectivity index (χ3v) is 3.07. The molecule has 1 rings (SSSR count). The summed E-state index contributed by atoms with van der Waals surface area (Å²) < 4.78 is 4.87. The lowest BCUT2D eigenvalue weighted by Crippen LogP contribution is -1.96. The second-order valence-electron chi connectivity index (χ2n) is 4.42. The average molecular weight is 182 g/mol. The van der Waals surface area contributed by atoms with E-state index < -0.39 is 0 Å². The molecule has 13 heavy (non-hydrogen) atoms. The number of rotatable bonds is 4. The van der Waals surface area contributed by atoms with Crippen LogP contribution in [-0.4, -0.2) is 12.9 Å². The zero-order valence-electron chi connectivity index (χ0n) is 8.83. The van der Waals surface area contributed by atoms with Crippen LogP contribution in [0.2, 0.25) is 0 Å². The van der Waals surface area contributed by atoms with Crippen LogP contribution < -0.4 is 0 Å². The summed E-state index contributed by atoms with van der Waals surface area (Å²) in [6, 6.07) is 0. The van der Waals surface area contributed by atoms with Crippen LogP contribution in [0.5, 0.6) is 0 Å². The van der Waals surface area contributed by atoms with Crippen molar-refractivity contribution in [3.63, 3.8) is 0 Å². The van der Waals surface area contributed by atoms with Crippen molar-refractivity contribution in [2.45, 2.75) is 27.2 Å². The molecule has 0 saturated heterocycles. The maximum absolute atomic E-state index is 10.9. The molecule has 0 aromatic heterocycles. The second kappa shape index (κ2) is 3.52. The van der Waals surface area contributed by atoms with Gasteiger partial charge >= 0.3 is 0 Å². The minimum Gasteiger partial charge on any atom is -0.505 e. The molecule has 2 unspecified atom stereocenters. The molecular weight excluding hydrogens is 164 g/mol. The topological polar surface area (TPSA) is 26.3 Å². The average Bonchev–Trinajstić information content (AvgIpc) is 2.49. The highest BCUT2D eigenvalue weighted by Crippen LogP contribution is 2.60. The number of carbonyl (C=O) groups excluding carboxylic acids is 1. The molecular formula is C11H18O2. The van der Waals surface area contributed by atoms with Crippen LogP contribution in [0.15, 0.2) is 12.3 Å². The third-order valence-electron chi connectivity index (χ3n) is 3.07. The molecule has 1 saturated carbocycles. The van der Waals surface area contributed by atoms with Crippen molar-refractivity contribution in [1.29, 1.82) is 0 Å². The summed E-state index contributed by atoms with van der Waals surface area (Å²) in [6.07, 6.45) is 4.48. The van der Waals surface area contributed by atoms with E-state index in [2.05, 4.69) is 19.9 Å². The van der Waals surface area contributed by atoms with Gasteiger partial charge in [0.2, 0.25) is 0 Å². The van der Waals surface area contributed by atoms with Gasteiger partial charge in [0, 0.05) is 6.42 Å². The van der Waals surface area contributed by atoms with Crippen LogP contribution in [0.3, 0.4) is 0 Å². The highest BCUT2D eigenvalue weighted by molar-refractivity contribution is 5.76. The molecule has 74 valence electrons. The highest BCUT2D eigenvalue weighted by Gasteiger charge is 2.55. The van der Waals surface area contributed by atoms with Gasteiger partial charge in [0.05, 0.1) is 13.4 Å². The van der Waals surface area contributed by atoms with Crippen molar-refractivity contribution in [3.05, 3.63) is 12.3 Å². The Kier molecular flexibility index (Phi) is 2.79. The predicted molar refractivity (Wildman–Crippen MR) is 52.2 cm³/mol. The van der Waals surface area contributed by atoms with E-state index in [0.717, 1.165) is 0 Å². The van der Waals surface area contributed by atoms with Crippen LogP contribution in [-0.2, 0) is 9.53 Å². The molecule has 2 atom stereocenters. The molecule has 0 aromatic rings. The van der Waals surface area contributed by atoms with E-state index in [4.69, 9.17) is 4.74 Å². The van der Waals surface area contributed by atoms with Crippen LogP contribution in [0.1, 0.15) is 27.2 Å². The van der Waals surface area contributed by atoms with Gasteiger partial charge in [0.25, 0.3) is 0 Å². The first kappa shape index (κ1) is 10.3. The van der Waals surface area contributed by atoms with Crippen LogP contribution in [0, 0.1) is 17.3 Å². The van der Waals surface area contributed by atoms with Gasteiger partial charge in [-0.2, -0.15) is 0 Å².